The van der Waals surface area contributed by atoms with E-state index in [-0.39, 0.29) is 5.92 Å². The van der Waals surface area contributed by atoms with Gasteiger partial charge in [-0.1, -0.05) is 31.2 Å². The Labute approximate surface area is 123 Å². The Morgan fingerprint density at radius 3 is 2.85 bits per heavy atom. The molecule has 0 bridgehead atoms. The van der Waals surface area contributed by atoms with Crippen molar-refractivity contribution in [3.8, 4) is 0 Å². The summed E-state index contributed by atoms with van der Waals surface area (Å²) in [4.78, 5) is 15.1. The first-order valence-corrected chi connectivity index (χ1v) is 7.98. The van der Waals surface area contributed by atoms with Crippen molar-refractivity contribution in [1.29, 1.82) is 0 Å². The van der Waals surface area contributed by atoms with Gasteiger partial charge in [-0.3, -0.25) is 4.79 Å². The molecule has 1 aromatic heterocycles. The predicted molar refractivity (Wildman–Crippen MR) is 83.3 cm³/mol. The minimum Gasteiger partial charge on any atom is -0.312 e. The third kappa shape index (κ3) is 2.69. The number of nitrogens with one attached hydrogen (secondary N) is 1. The number of aryl methyl sites for hydroxylation is 1. The Hall–Kier alpha value is -1.45. The van der Waals surface area contributed by atoms with E-state index in [4.69, 9.17) is 0 Å². The first-order chi connectivity index (χ1) is 9.78. The SMILES string of the molecule is CCc1ccc(CC(=O)C2CNCc3ccccc32)s1. The van der Waals surface area contributed by atoms with Gasteiger partial charge in [0.15, 0.2) is 0 Å². The van der Waals surface area contributed by atoms with Crippen molar-refractivity contribution in [2.24, 2.45) is 0 Å². The van der Waals surface area contributed by atoms with Crippen molar-refractivity contribution in [3.63, 3.8) is 0 Å². The lowest BCUT2D eigenvalue weighted by atomic mass is 9.86. The van der Waals surface area contributed by atoms with Gasteiger partial charge in [-0.2, -0.15) is 0 Å². The molecule has 0 aliphatic carbocycles. The maximum Gasteiger partial charge on any atom is 0.146 e. The zero-order valence-electron chi connectivity index (χ0n) is 11.7. The number of benzene rings is 1. The van der Waals surface area contributed by atoms with E-state index >= 15 is 0 Å². The second-order valence-electron chi connectivity index (χ2n) is 5.25. The van der Waals surface area contributed by atoms with Crippen LogP contribution < -0.4 is 5.32 Å². The highest BCUT2D eigenvalue weighted by molar-refractivity contribution is 7.12. The van der Waals surface area contributed by atoms with Crippen LogP contribution in [0.2, 0.25) is 0 Å². The van der Waals surface area contributed by atoms with E-state index in [1.807, 2.05) is 12.1 Å². The molecule has 0 spiro atoms. The topological polar surface area (TPSA) is 29.1 Å². The van der Waals surface area contributed by atoms with Crippen LogP contribution in [0.3, 0.4) is 0 Å². The molecule has 1 aliphatic heterocycles. The second kappa shape index (κ2) is 5.90. The first-order valence-electron chi connectivity index (χ1n) is 7.16. The van der Waals surface area contributed by atoms with Gasteiger partial charge in [-0.15, -0.1) is 11.3 Å². The van der Waals surface area contributed by atoms with Crippen LogP contribution in [0.25, 0.3) is 0 Å². The van der Waals surface area contributed by atoms with E-state index in [1.54, 1.807) is 11.3 Å². The van der Waals surface area contributed by atoms with Crippen molar-refractivity contribution in [3.05, 3.63) is 57.3 Å². The normalized spacial score (nSPS) is 17.8. The monoisotopic (exact) mass is 285 g/mol. The number of fused-ring (bicyclic) bond motifs is 1. The van der Waals surface area contributed by atoms with Crippen LogP contribution in [-0.2, 0) is 24.2 Å². The molecule has 0 radical (unpaired) electrons. The van der Waals surface area contributed by atoms with Gasteiger partial charge in [0.25, 0.3) is 0 Å². The third-order valence-corrected chi connectivity index (χ3v) is 5.13. The standard InChI is InChI=1S/C17H19NOS/c1-2-13-7-8-14(20-13)9-17(19)16-11-18-10-12-5-3-4-6-15(12)16/h3-8,16,18H,2,9-11H2,1H3. The number of hydrogen-bond acceptors (Lipinski definition) is 3. The molecule has 3 rings (SSSR count). The molecule has 1 atom stereocenters. The summed E-state index contributed by atoms with van der Waals surface area (Å²) >= 11 is 1.77. The molecule has 1 aliphatic rings. The van der Waals surface area contributed by atoms with Crippen LogP contribution in [0.15, 0.2) is 36.4 Å². The number of carbonyl (C=O) groups excluding carboxylic acids is 1. The lowest BCUT2D eigenvalue weighted by molar-refractivity contribution is -0.119. The summed E-state index contributed by atoms with van der Waals surface area (Å²) in [6, 6.07) is 12.5. The number of rotatable bonds is 4. The predicted octanol–water partition coefficient (Wildman–Crippen LogP) is 3.31. The van der Waals surface area contributed by atoms with Crippen molar-refractivity contribution in [2.75, 3.05) is 6.54 Å². The highest BCUT2D eigenvalue weighted by Crippen LogP contribution is 2.27. The molecule has 1 aromatic carbocycles. The fraction of sp³-hybridized carbons (Fsp3) is 0.353. The zero-order valence-corrected chi connectivity index (χ0v) is 12.5. The molecular formula is C17H19NOS. The fourth-order valence-corrected chi connectivity index (χ4v) is 3.75. The summed E-state index contributed by atoms with van der Waals surface area (Å²) in [6.45, 7) is 3.79. The highest BCUT2D eigenvalue weighted by atomic mass is 32.1. The molecule has 104 valence electrons. The smallest absolute Gasteiger partial charge is 0.146 e. The van der Waals surface area contributed by atoms with Crippen molar-refractivity contribution in [1.82, 2.24) is 5.32 Å². The summed E-state index contributed by atoms with van der Waals surface area (Å²) in [5.41, 5.74) is 2.47. The van der Waals surface area contributed by atoms with Gasteiger partial charge in [0.05, 0.1) is 5.92 Å². The van der Waals surface area contributed by atoms with Crippen LogP contribution in [0.1, 0.15) is 33.7 Å². The lowest BCUT2D eigenvalue weighted by Crippen LogP contribution is -2.33. The maximum atomic E-state index is 12.6. The zero-order chi connectivity index (χ0) is 13.9. The molecule has 1 unspecified atom stereocenters. The average molecular weight is 285 g/mol. The second-order valence-corrected chi connectivity index (χ2v) is 6.50. The minimum atomic E-state index is 0.00660. The first kappa shape index (κ1) is 13.5. The number of hydrogen-bond donors (Lipinski definition) is 1. The van der Waals surface area contributed by atoms with Gasteiger partial charge in [0.2, 0.25) is 0 Å². The Morgan fingerprint density at radius 2 is 2.05 bits per heavy atom. The summed E-state index contributed by atoms with van der Waals surface area (Å²) in [7, 11) is 0. The van der Waals surface area contributed by atoms with Crippen LogP contribution in [0, 0.1) is 0 Å². The van der Waals surface area contributed by atoms with E-state index in [9.17, 15) is 4.79 Å². The number of ketones is 1. The molecule has 0 fully saturated rings. The fourth-order valence-electron chi connectivity index (χ4n) is 2.79. The van der Waals surface area contributed by atoms with Gasteiger partial charge in [-0.05, 0) is 29.7 Å². The van der Waals surface area contributed by atoms with Crippen molar-refractivity contribution >= 4 is 17.1 Å². The average Bonchev–Trinajstić information content (AvgIpc) is 2.94. The molecule has 2 aromatic rings. The number of thiophene rings is 1. The van der Waals surface area contributed by atoms with Crippen LogP contribution in [-0.4, -0.2) is 12.3 Å². The molecule has 0 amide bonds. The van der Waals surface area contributed by atoms with Crippen molar-refractivity contribution < 1.29 is 4.79 Å². The Morgan fingerprint density at radius 1 is 1.25 bits per heavy atom. The van der Waals surface area contributed by atoms with Gasteiger partial charge in [0, 0.05) is 29.3 Å². The Kier molecular flexibility index (Phi) is 3.99. The Balaban J connectivity index is 1.78. The van der Waals surface area contributed by atoms with Gasteiger partial charge in [0.1, 0.15) is 5.78 Å². The molecular weight excluding hydrogens is 266 g/mol. The number of Topliss-reactive ketones (excluding diaryl/α,β-unsaturated/α-hetero) is 1. The molecule has 0 saturated carbocycles. The van der Waals surface area contributed by atoms with Crippen molar-refractivity contribution in [2.45, 2.75) is 32.2 Å². The molecule has 2 nitrogen and oxygen atoms in total. The van der Waals surface area contributed by atoms with E-state index in [0.717, 1.165) is 19.5 Å². The Bertz CT molecular complexity index is 617. The maximum absolute atomic E-state index is 12.6. The van der Waals surface area contributed by atoms with E-state index in [1.165, 1.54) is 20.9 Å². The minimum absolute atomic E-state index is 0.00660. The molecule has 3 heteroatoms. The number of carbonyl (C=O) groups is 1. The van der Waals surface area contributed by atoms with E-state index in [0.29, 0.717) is 12.2 Å². The van der Waals surface area contributed by atoms with E-state index < -0.39 is 0 Å². The molecule has 2 heterocycles. The van der Waals surface area contributed by atoms with Gasteiger partial charge >= 0.3 is 0 Å². The highest BCUT2D eigenvalue weighted by Gasteiger charge is 2.26. The summed E-state index contributed by atoms with van der Waals surface area (Å²) in [5, 5.41) is 3.36. The summed E-state index contributed by atoms with van der Waals surface area (Å²) < 4.78 is 0. The van der Waals surface area contributed by atoms with Gasteiger partial charge < -0.3 is 5.32 Å². The summed E-state index contributed by atoms with van der Waals surface area (Å²) in [6.07, 6.45) is 1.61. The quantitative estimate of drug-likeness (QED) is 0.934. The summed E-state index contributed by atoms with van der Waals surface area (Å²) in [5.74, 6) is 0.335. The third-order valence-electron chi connectivity index (χ3n) is 3.90. The lowest BCUT2D eigenvalue weighted by Gasteiger charge is -2.25. The largest absolute Gasteiger partial charge is 0.312 e. The molecule has 20 heavy (non-hydrogen) atoms. The van der Waals surface area contributed by atoms with Crippen LogP contribution >= 0.6 is 11.3 Å². The van der Waals surface area contributed by atoms with E-state index in [2.05, 4.69) is 36.5 Å². The van der Waals surface area contributed by atoms with Crippen LogP contribution in [0.5, 0.6) is 0 Å². The molecule has 0 saturated heterocycles. The van der Waals surface area contributed by atoms with Gasteiger partial charge in [-0.25, -0.2) is 0 Å². The molecule has 1 N–H and O–H groups in total. The van der Waals surface area contributed by atoms with Crippen LogP contribution in [0.4, 0.5) is 0 Å².